The summed E-state index contributed by atoms with van der Waals surface area (Å²) < 4.78 is 0. The molecule has 1 aliphatic rings. The van der Waals surface area contributed by atoms with Gasteiger partial charge in [0.2, 0.25) is 5.91 Å². The number of hydrogen-bond donors (Lipinski definition) is 2. The zero-order chi connectivity index (χ0) is 12.3. The monoisotopic (exact) mass is 233 g/mol. The van der Waals surface area contributed by atoms with E-state index in [9.17, 15) is 4.79 Å². The number of carbonyl (C=O) groups is 1. The van der Waals surface area contributed by atoms with Crippen molar-refractivity contribution >= 4 is 5.91 Å². The summed E-state index contributed by atoms with van der Waals surface area (Å²) in [6, 6.07) is 1.98. The predicted molar refractivity (Wildman–Crippen MR) is 66.1 cm³/mol. The number of nitrogens with one attached hydrogen (secondary N) is 1. The number of nitrogens with zero attached hydrogens (tertiary/aromatic N) is 1. The first-order chi connectivity index (χ1) is 8.18. The van der Waals surface area contributed by atoms with E-state index in [0.29, 0.717) is 6.54 Å². The number of aryl methyl sites for hydroxylation is 1. The summed E-state index contributed by atoms with van der Waals surface area (Å²) in [6.45, 7) is 2.56. The Hall–Kier alpha value is -1.42. The normalized spacial score (nSPS) is 23.6. The van der Waals surface area contributed by atoms with Crippen LogP contribution in [0.3, 0.4) is 0 Å². The van der Waals surface area contributed by atoms with E-state index in [1.807, 2.05) is 13.0 Å². The minimum Gasteiger partial charge on any atom is -0.352 e. The van der Waals surface area contributed by atoms with Crippen molar-refractivity contribution in [3.8, 4) is 0 Å². The number of carbonyl (C=O) groups excluding carboxylic acids is 1. The van der Waals surface area contributed by atoms with Crippen LogP contribution in [0.1, 0.15) is 30.4 Å². The molecule has 17 heavy (non-hydrogen) atoms. The van der Waals surface area contributed by atoms with Gasteiger partial charge in [-0.2, -0.15) is 0 Å². The van der Waals surface area contributed by atoms with Crippen molar-refractivity contribution in [2.45, 2.75) is 38.8 Å². The van der Waals surface area contributed by atoms with Crippen LogP contribution in [0.2, 0.25) is 0 Å². The van der Waals surface area contributed by atoms with Gasteiger partial charge in [-0.05, 0) is 37.0 Å². The van der Waals surface area contributed by atoms with E-state index in [2.05, 4.69) is 10.3 Å². The molecule has 1 aromatic rings. The van der Waals surface area contributed by atoms with Crippen LogP contribution in [0.25, 0.3) is 0 Å². The molecule has 1 heterocycles. The van der Waals surface area contributed by atoms with Crippen LogP contribution in [-0.4, -0.2) is 16.9 Å². The molecule has 2 atom stereocenters. The SMILES string of the molecule is Cc1ccncc1CNC(=O)C1CCCC1N. The van der Waals surface area contributed by atoms with Crippen molar-refractivity contribution in [1.29, 1.82) is 0 Å². The highest BCUT2D eigenvalue weighted by atomic mass is 16.1. The summed E-state index contributed by atoms with van der Waals surface area (Å²) >= 11 is 0. The summed E-state index contributed by atoms with van der Waals surface area (Å²) in [5, 5.41) is 2.95. The summed E-state index contributed by atoms with van der Waals surface area (Å²) in [7, 11) is 0. The minimum absolute atomic E-state index is 0.00743. The molecule has 1 aliphatic carbocycles. The molecule has 0 spiro atoms. The molecule has 4 nitrogen and oxygen atoms in total. The summed E-state index contributed by atoms with van der Waals surface area (Å²) in [6.07, 6.45) is 6.49. The number of nitrogens with two attached hydrogens (primary N) is 1. The largest absolute Gasteiger partial charge is 0.352 e. The van der Waals surface area contributed by atoms with E-state index >= 15 is 0 Å². The average Bonchev–Trinajstić information content (AvgIpc) is 2.74. The Balaban J connectivity index is 1.90. The van der Waals surface area contributed by atoms with Crippen LogP contribution >= 0.6 is 0 Å². The van der Waals surface area contributed by atoms with E-state index in [4.69, 9.17) is 5.73 Å². The fourth-order valence-corrected chi connectivity index (χ4v) is 2.31. The molecule has 1 aromatic heterocycles. The van der Waals surface area contributed by atoms with E-state index in [-0.39, 0.29) is 17.9 Å². The zero-order valence-corrected chi connectivity index (χ0v) is 10.1. The molecule has 0 radical (unpaired) electrons. The molecule has 3 N–H and O–H groups in total. The van der Waals surface area contributed by atoms with Gasteiger partial charge >= 0.3 is 0 Å². The smallest absolute Gasteiger partial charge is 0.224 e. The third-order valence-corrected chi connectivity index (χ3v) is 3.51. The molecule has 2 unspecified atom stereocenters. The van der Waals surface area contributed by atoms with Crippen LogP contribution in [-0.2, 0) is 11.3 Å². The van der Waals surface area contributed by atoms with Gasteiger partial charge in [0.1, 0.15) is 0 Å². The molecule has 2 rings (SSSR count). The molecular weight excluding hydrogens is 214 g/mol. The van der Waals surface area contributed by atoms with Gasteiger partial charge in [0.05, 0.1) is 5.92 Å². The van der Waals surface area contributed by atoms with Crippen molar-refractivity contribution in [1.82, 2.24) is 10.3 Å². The lowest BCUT2D eigenvalue weighted by Gasteiger charge is -2.15. The van der Waals surface area contributed by atoms with Crippen LogP contribution in [0.4, 0.5) is 0 Å². The van der Waals surface area contributed by atoms with E-state index in [1.54, 1.807) is 12.4 Å². The third kappa shape index (κ3) is 2.82. The second-order valence-corrected chi connectivity index (χ2v) is 4.72. The standard InChI is InChI=1S/C13H19N3O/c1-9-5-6-15-7-10(9)8-16-13(17)11-3-2-4-12(11)14/h5-7,11-12H,2-4,8,14H2,1H3,(H,16,17). The number of pyridine rings is 1. The second kappa shape index (κ2) is 5.27. The third-order valence-electron chi connectivity index (χ3n) is 3.51. The lowest BCUT2D eigenvalue weighted by molar-refractivity contribution is -0.125. The first-order valence-electron chi connectivity index (χ1n) is 6.11. The molecule has 1 saturated carbocycles. The molecule has 1 fully saturated rings. The average molecular weight is 233 g/mol. The molecule has 0 saturated heterocycles. The van der Waals surface area contributed by atoms with Gasteiger partial charge in [0.15, 0.2) is 0 Å². The van der Waals surface area contributed by atoms with Gasteiger partial charge in [0.25, 0.3) is 0 Å². The molecule has 0 aromatic carbocycles. The van der Waals surface area contributed by atoms with Crippen LogP contribution in [0.15, 0.2) is 18.5 Å². The Labute approximate surface area is 102 Å². The van der Waals surface area contributed by atoms with E-state index < -0.39 is 0 Å². The predicted octanol–water partition coefficient (Wildman–Crippen LogP) is 1.13. The number of amides is 1. The first kappa shape index (κ1) is 12.0. The molecular formula is C13H19N3O. The van der Waals surface area contributed by atoms with Crippen LogP contribution in [0.5, 0.6) is 0 Å². The molecule has 4 heteroatoms. The minimum atomic E-state index is -0.00743. The first-order valence-corrected chi connectivity index (χ1v) is 6.11. The maximum absolute atomic E-state index is 11.9. The van der Waals surface area contributed by atoms with Gasteiger partial charge in [-0.25, -0.2) is 0 Å². The highest BCUT2D eigenvalue weighted by Crippen LogP contribution is 2.24. The van der Waals surface area contributed by atoms with Gasteiger partial charge in [-0.3, -0.25) is 9.78 Å². The van der Waals surface area contributed by atoms with Gasteiger partial charge in [0, 0.05) is 25.0 Å². The van der Waals surface area contributed by atoms with E-state index in [1.165, 1.54) is 0 Å². The molecule has 0 aliphatic heterocycles. The maximum atomic E-state index is 11.9. The van der Waals surface area contributed by atoms with Gasteiger partial charge in [-0.15, -0.1) is 0 Å². The quantitative estimate of drug-likeness (QED) is 0.822. The Morgan fingerprint density at radius 3 is 3.06 bits per heavy atom. The molecule has 0 bridgehead atoms. The van der Waals surface area contributed by atoms with E-state index in [0.717, 1.165) is 30.4 Å². The second-order valence-electron chi connectivity index (χ2n) is 4.72. The van der Waals surface area contributed by atoms with Crippen molar-refractivity contribution in [2.24, 2.45) is 11.7 Å². The number of rotatable bonds is 3. The lowest BCUT2D eigenvalue weighted by atomic mass is 10.0. The Morgan fingerprint density at radius 2 is 2.41 bits per heavy atom. The fraction of sp³-hybridized carbons (Fsp3) is 0.538. The maximum Gasteiger partial charge on any atom is 0.224 e. The van der Waals surface area contributed by atoms with Gasteiger partial charge < -0.3 is 11.1 Å². The van der Waals surface area contributed by atoms with Crippen molar-refractivity contribution in [2.75, 3.05) is 0 Å². The Kier molecular flexibility index (Phi) is 3.74. The highest BCUT2D eigenvalue weighted by Gasteiger charge is 2.29. The van der Waals surface area contributed by atoms with Crippen LogP contribution in [0, 0.1) is 12.8 Å². The fourth-order valence-electron chi connectivity index (χ4n) is 2.31. The number of aromatic nitrogens is 1. The van der Waals surface area contributed by atoms with Crippen molar-refractivity contribution in [3.05, 3.63) is 29.6 Å². The summed E-state index contributed by atoms with van der Waals surface area (Å²) in [5.74, 6) is 0.0743. The van der Waals surface area contributed by atoms with Crippen molar-refractivity contribution < 1.29 is 4.79 Å². The topological polar surface area (TPSA) is 68.0 Å². The lowest BCUT2D eigenvalue weighted by Crippen LogP contribution is -2.38. The van der Waals surface area contributed by atoms with Gasteiger partial charge in [-0.1, -0.05) is 6.42 Å². The highest BCUT2D eigenvalue weighted by molar-refractivity contribution is 5.79. The molecule has 1 amide bonds. The van der Waals surface area contributed by atoms with Crippen molar-refractivity contribution in [3.63, 3.8) is 0 Å². The Bertz CT molecular complexity index is 405. The molecule has 92 valence electrons. The summed E-state index contributed by atoms with van der Waals surface area (Å²) in [4.78, 5) is 16.0. The number of hydrogen-bond acceptors (Lipinski definition) is 3. The summed E-state index contributed by atoms with van der Waals surface area (Å²) in [5.41, 5.74) is 8.12. The Morgan fingerprint density at radius 1 is 1.59 bits per heavy atom. The van der Waals surface area contributed by atoms with Crippen LogP contribution < -0.4 is 11.1 Å². The zero-order valence-electron chi connectivity index (χ0n) is 10.1.